The largest absolute Gasteiger partial charge is 0.357 e. The highest BCUT2D eigenvalue weighted by Crippen LogP contribution is 2.17. The van der Waals surface area contributed by atoms with Gasteiger partial charge in [-0.2, -0.15) is 0 Å². The molecule has 1 aliphatic carbocycles. The van der Waals surface area contributed by atoms with Crippen molar-refractivity contribution in [3.63, 3.8) is 0 Å². The SMILES string of the molecule is Cn1ccc(CCCCNC2CCCC2)c1. The van der Waals surface area contributed by atoms with Crippen LogP contribution in [0, 0.1) is 0 Å². The Bertz CT molecular complexity index is 297. The van der Waals surface area contributed by atoms with E-state index in [9.17, 15) is 0 Å². The minimum absolute atomic E-state index is 0.830. The number of aromatic nitrogens is 1. The molecule has 0 amide bonds. The molecule has 0 bridgehead atoms. The van der Waals surface area contributed by atoms with Crippen molar-refractivity contribution in [3.05, 3.63) is 24.0 Å². The van der Waals surface area contributed by atoms with Crippen LogP contribution >= 0.6 is 0 Å². The molecule has 0 saturated heterocycles. The third kappa shape index (κ3) is 3.67. The van der Waals surface area contributed by atoms with Crippen molar-refractivity contribution in [1.29, 1.82) is 0 Å². The van der Waals surface area contributed by atoms with E-state index in [0.29, 0.717) is 0 Å². The van der Waals surface area contributed by atoms with Crippen LogP contribution in [0.3, 0.4) is 0 Å². The smallest absolute Gasteiger partial charge is 0.0106 e. The topological polar surface area (TPSA) is 17.0 Å². The summed E-state index contributed by atoms with van der Waals surface area (Å²) in [7, 11) is 2.09. The van der Waals surface area contributed by atoms with Crippen molar-refractivity contribution in [1.82, 2.24) is 9.88 Å². The van der Waals surface area contributed by atoms with Gasteiger partial charge >= 0.3 is 0 Å². The first-order valence-corrected chi connectivity index (χ1v) is 6.69. The molecule has 0 atom stereocenters. The van der Waals surface area contributed by atoms with Crippen LogP contribution in [0.4, 0.5) is 0 Å². The fourth-order valence-corrected chi connectivity index (χ4v) is 2.60. The molecule has 0 aliphatic heterocycles. The zero-order valence-corrected chi connectivity index (χ0v) is 10.4. The summed E-state index contributed by atoms with van der Waals surface area (Å²) in [4.78, 5) is 0. The van der Waals surface area contributed by atoms with Gasteiger partial charge in [0, 0.05) is 25.5 Å². The van der Waals surface area contributed by atoms with Gasteiger partial charge in [0.1, 0.15) is 0 Å². The van der Waals surface area contributed by atoms with Gasteiger partial charge in [-0.25, -0.2) is 0 Å². The van der Waals surface area contributed by atoms with E-state index < -0.39 is 0 Å². The third-order valence-corrected chi connectivity index (χ3v) is 3.57. The van der Waals surface area contributed by atoms with E-state index in [2.05, 4.69) is 35.4 Å². The summed E-state index contributed by atoms with van der Waals surface area (Å²) in [6.07, 6.45) is 13.9. The standard InChI is InChI=1S/C14H24N2/c1-16-11-9-13(12-16)6-4-5-10-15-14-7-2-3-8-14/h9,11-12,14-15H,2-8,10H2,1H3. The highest BCUT2D eigenvalue weighted by atomic mass is 14.9. The number of hydrogen-bond donors (Lipinski definition) is 1. The van der Waals surface area contributed by atoms with Crippen LogP contribution in [-0.2, 0) is 13.5 Å². The summed E-state index contributed by atoms with van der Waals surface area (Å²) < 4.78 is 2.13. The fraction of sp³-hybridized carbons (Fsp3) is 0.714. The van der Waals surface area contributed by atoms with Gasteiger partial charge in [-0.05, 0) is 50.3 Å². The van der Waals surface area contributed by atoms with Crippen LogP contribution in [0.1, 0.15) is 44.1 Å². The molecular formula is C14H24N2. The van der Waals surface area contributed by atoms with Crippen LogP contribution in [0.15, 0.2) is 18.5 Å². The Morgan fingerprint density at radius 2 is 2.12 bits per heavy atom. The summed E-state index contributed by atoms with van der Waals surface area (Å²) in [5.74, 6) is 0. The lowest BCUT2D eigenvalue weighted by Crippen LogP contribution is -2.26. The van der Waals surface area contributed by atoms with Gasteiger partial charge < -0.3 is 9.88 Å². The summed E-state index contributed by atoms with van der Waals surface area (Å²) in [5.41, 5.74) is 1.48. The second kappa shape index (κ2) is 6.09. The lowest BCUT2D eigenvalue weighted by molar-refractivity contribution is 0.508. The van der Waals surface area contributed by atoms with Crippen LogP contribution in [-0.4, -0.2) is 17.2 Å². The molecule has 1 N–H and O–H groups in total. The normalized spacial score (nSPS) is 17.1. The second-order valence-electron chi connectivity index (χ2n) is 5.08. The van der Waals surface area contributed by atoms with Gasteiger partial charge in [-0.1, -0.05) is 12.8 Å². The van der Waals surface area contributed by atoms with Crippen molar-refractivity contribution < 1.29 is 0 Å². The molecule has 1 fully saturated rings. The van der Waals surface area contributed by atoms with Gasteiger partial charge in [-0.3, -0.25) is 0 Å². The lowest BCUT2D eigenvalue weighted by atomic mass is 10.1. The molecule has 90 valence electrons. The predicted molar refractivity (Wildman–Crippen MR) is 68.6 cm³/mol. The van der Waals surface area contributed by atoms with Crippen LogP contribution < -0.4 is 5.32 Å². The van der Waals surface area contributed by atoms with Crippen molar-refractivity contribution in [2.24, 2.45) is 7.05 Å². The number of aryl methyl sites for hydroxylation is 2. The highest BCUT2D eigenvalue weighted by molar-refractivity contribution is 5.09. The zero-order chi connectivity index (χ0) is 11.2. The number of rotatable bonds is 6. The van der Waals surface area contributed by atoms with E-state index in [1.807, 2.05) is 0 Å². The molecule has 0 unspecified atom stereocenters. The molecule has 1 aromatic rings. The summed E-state index contributed by atoms with van der Waals surface area (Å²) in [5, 5.41) is 3.67. The Morgan fingerprint density at radius 3 is 2.81 bits per heavy atom. The molecule has 0 radical (unpaired) electrons. The molecule has 0 spiro atoms. The van der Waals surface area contributed by atoms with E-state index in [1.165, 1.54) is 57.1 Å². The van der Waals surface area contributed by atoms with Crippen LogP contribution in [0.25, 0.3) is 0 Å². The Morgan fingerprint density at radius 1 is 1.31 bits per heavy atom. The lowest BCUT2D eigenvalue weighted by Gasteiger charge is -2.10. The van der Waals surface area contributed by atoms with Gasteiger partial charge in [0.15, 0.2) is 0 Å². The average Bonchev–Trinajstić information content (AvgIpc) is 2.89. The van der Waals surface area contributed by atoms with E-state index in [4.69, 9.17) is 0 Å². The van der Waals surface area contributed by atoms with Crippen LogP contribution in [0.5, 0.6) is 0 Å². The van der Waals surface area contributed by atoms with Gasteiger partial charge in [0.05, 0.1) is 0 Å². The summed E-state index contributed by atoms with van der Waals surface area (Å²) >= 11 is 0. The minimum atomic E-state index is 0.830. The average molecular weight is 220 g/mol. The maximum absolute atomic E-state index is 3.67. The Balaban J connectivity index is 1.51. The van der Waals surface area contributed by atoms with E-state index in [0.717, 1.165) is 6.04 Å². The molecule has 2 nitrogen and oxygen atoms in total. The quantitative estimate of drug-likeness (QED) is 0.729. The number of nitrogens with zero attached hydrogens (tertiary/aromatic N) is 1. The van der Waals surface area contributed by atoms with Crippen molar-refractivity contribution >= 4 is 0 Å². The van der Waals surface area contributed by atoms with Crippen LogP contribution in [0.2, 0.25) is 0 Å². The van der Waals surface area contributed by atoms with Crippen molar-refractivity contribution in [2.75, 3.05) is 6.54 Å². The monoisotopic (exact) mass is 220 g/mol. The maximum Gasteiger partial charge on any atom is 0.0106 e. The van der Waals surface area contributed by atoms with E-state index in [-0.39, 0.29) is 0 Å². The third-order valence-electron chi connectivity index (χ3n) is 3.57. The second-order valence-corrected chi connectivity index (χ2v) is 5.08. The molecule has 0 aromatic carbocycles. The number of hydrogen-bond acceptors (Lipinski definition) is 1. The molecule has 2 heteroatoms. The van der Waals surface area contributed by atoms with E-state index >= 15 is 0 Å². The highest BCUT2D eigenvalue weighted by Gasteiger charge is 2.12. The van der Waals surface area contributed by atoms with Gasteiger partial charge in [0.2, 0.25) is 0 Å². The molecule has 16 heavy (non-hydrogen) atoms. The summed E-state index contributed by atoms with van der Waals surface area (Å²) in [6.45, 7) is 1.21. The van der Waals surface area contributed by atoms with Gasteiger partial charge in [-0.15, -0.1) is 0 Å². The Kier molecular flexibility index (Phi) is 4.46. The zero-order valence-electron chi connectivity index (χ0n) is 10.4. The summed E-state index contributed by atoms with van der Waals surface area (Å²) in [6, 6.07) is 3.06. The van der Waals surface area contributed by atoms with Gasteiger partial charge in [0.25, 0.3) is 0 Å². The van der Waals surface area contributed by atoms with E-state index in [1.54, 1.807) is 0 Å². The Labute approximate surface area is 99.0 Å². The number of unbranched alkanes of at least 4 members (excludes halogenated alkanes) is 1. The fourth-order valence-electron chi connectivity index (χ4n) is 2.60. The molecule has 2 rings (SSSR count). The minimum Gasteiger partial charge on any atom is -0.357 e. The predicted octanol–water partition coefficient (Wildman–Crippen LogP) is 2.88. The molecule has 1 aromatic heterocycles. The molecule has 1 saturated carbocycles. The maximum atomic E-state index is 3.67. The number of nitrogens with one attached hydrogen (secondary N) is 1. The first-order valence-electron chi connectivity index (χ1n) is 6.69. The van der Waals surface area contributed by atoms with Crippen molar-refractivity contribution in [2.45, 2.75) is 51.0 Å². The molecule has 1 heterocycles. The first-order chi connectivity index (χ1) is 7.84. The first kappa shape index (κ1) is 11.7. The Hall–Kier alpha value is -0.760. The molecule has 1 aliphatic rings. The molecular weight excluding hydrogens is 196 g/mol. The van der Waals surface area contributed by atoms with Crippen molar-refractivity contribution in [3.8, 4) is 0 Å².